The summed E-state index contributed by atoms with van der Waals surface area (Å²) < 4.78 is 17.0. The lowest BCUT2D eigenvalue weighted by molar-refractivity contribution is -0.00546. The molecule has 2 unspecified atom stereocenters. The quantitative estimate of drug-likeness (QED) is 0.611. The molecule has 1 amide bonds. The van der Waals surface area contributed by atoms with E-state index in [1.54, 1.807) is 0 Å². The Morgan fingerprint density at radius 3 is 2.61 bits per heavy atom. The van der Waals surface area contributed by atoms with Crippen LogP contribution in [0.15, 0.2) is 48.7 Å². The van der Waals surface area contributed by atoms with E-state index in [1.807, 2.05) is 48.7 Å². The number of ether oxygens (including phenoxy) is 3. The van der Waals surface area contributed by atoms with Gasteiger partial charge in [0.15, 0.2) is 11.5 Å². The number of hydrogen-bond acceptors (Lipinski definition) is 7. The van der Waals surface area contributed by atoms with Gasteiger partial charge < -0.3 is 24.4 Å². The molecule has 2 aliphatic rings. The lowest BCUT2D eigenvalue weighted by Gasteiger charge is -2.36. The number of amides is 1. The standard InChI is InChI=1S/C25H27N3O4S/c1-16-14-28(15-17(2)32-16)24-8-3-18(12-26-24)13-27-25(29)23-7-6-22(33-23)19-4-5-20-21(11-19)31-10-9-30-20/h3-8,11-12,16-17H,9-10,13-15H2,1-2H3,(H,27,29). The van der Waals surface area contributed by atoms with E-state index in [2.05, 4.69) is 29.0 Å². The van der Waals surface area contributed by atoms with Gasteiger partial charge in [-0.1, -0.05) is 6.07 Å². The molecule has 2 atom stereocenters. The van der Waals surface area contributed by atoms with Gasteiger partial charge in [0.2, 0.25) is 0 Å². The topological polar surface area (TPSA) is 72.9 Å². The number of fused-ring (bicyclic) bond motifs is 1. The number of nitrogens with one attached hydrogen (secondary N) is 1. The SMILES string of the molecule is CC1CN(c2ccc(CNC(=O)c3ccc(-c4ccc5c(c4)OCCO5)s3)cn2)CC(C)O1. The van der Waals surface area contributed by atoms with E-state index in [9.17, 15) is 4.79 Å². The minimum absolute atomic E-state index is 0.0938. The van der Waals surface area contributed by atoms with Crippen molar-refractivity contribution in [2.75, 3.05) is 31.2 Å². The first kappa shape index (κ1) is 21.7. The third kappa shape index (κ3) is 4.96. The maximum Gasteiger partial charge on any atom is 0.261 e. The number of carbonyl (C=O) groups excluding carboxylic acids is 1. The van der Waals surface area contributed by atoms with Crippen molar-refractivity contribution in [2.24, 2.45) is 0 Å². The Hall–Kier alpha value is -3.10. The van der Waals surface area contributed by atoms with Crippen LogP contribution >= 0.6 is 11.3 Å². The molecule has 0 radical (unpaired) electrons. The lowest BCUT2D eigenvalue weighted by atomic mass is 10.1. The fourth-order valence-corrected chi connectivity index (χ4v) is 5.07. The van der Waals surface area contributed by atoms with Gasteiger partial charge in [0.05, 0.1) is 17.1 Å². The number of pyridine rings is 1. The molecule has 7 nitrogen and oxygen atoms in total. The van der Waals surface area contributed by atoms with Gasteiger partial charge >= 0.3 is 0 Å². The second-order valence-electron chi connectivity index (χ2n) is 8.39. The Balaban J connectivity index is 1.19. The van der Waals surface area contributed by atoms with Crippen LogP contribution in [-0.4, -0.2) is 49.4 Å². The summed E-state index contributed by atoms with van der Waals surface area (Å²) in [6, 6.07) is 13.7. The first-order valence-electron chi connectivity index (χ1n) is 11.2. The largest absolute Gasteiger partial charge is 0.486 e. The monoisotopic (exact) mass is 465 g/mol. The maximum absolute atomic E-state index is 12.7. The summed E-state index contributed by atoms with van der Waals surface area (Å²) in [5.41, 5.74) is 1.97. The van der Waals surface area contributed by atoms with Gasteiger partial charge in [0, 0.05) is 30.7 Å². The highest BCUT2D eigenvalue weighted by molar-refractivity contribution is 7.17. The molecule has 1 fully saturated rings. The Bertz CT molecular complexity index is 1120. The maximum atomic E-state index is 12.7. The minimum atomic E-state index is -0.0938. The highest BCUT2D eigenvalue weighted by atomic mass is 32.1. The molecule has 4 heterocycles. The fourth-order valence-electron chi connectivity index (χ4n) is 4.15. The molecular weight excluding hydrogens is 438 g/mol. The van der Waals surface area contributed by atoms with Gasteiger partial charge in [0.1, 0.15) is 19.0 Å². The van der Waals surface area contributed by atoms with Crippen LogP contribution in [0.2, 0.25) is 0 Å². The number of nitrogens with zero attached hydrogens (tertiary/aromatic N) is 2. The molecule has 172 valence electrons. The molecular formula is C25H27N3O4S. The van der Waals surface area contributed by atoms with Crippen LogP contribution in [0.1, 0.15) is 29.1 Å². The average Bonchev–Trinajstić information content (AvgIpc) is 3.32. The second kappa shape index (κ2) is 9.41. The van der Waals surface area contributed by atoms with Crippen molar-refractivity contribution >= 4 is 23.1 Å². The van der Waals surface area contributed by atoms with E-state index >= 15 is 0 Å². The predicted octanol–water partition coefficient (Wildman–Crippen LogP) is 4.12. The molecule has 3 aromatic rings. The molecule has 1 N–H and O–H groups in total. The number of carbonyl (C=O) groups is 1. The zero-order chi connectivity index (χ0) is 22.8. The summed E-state index contributed by atoms with van der Waals surface area (Å²) in [6.07, 6.45) is 2.20. The van der Waals surface area contributed by atoms with Gasteiger partial charge in [0.25, 0.3) is 5.91 Å². The van der Waals surface area contributed by atoms with Crippen molar-refractivity contribution in [1.82, 2.24) is 10.3 Å². The molecule has 1 aromatic carbocycles. The van der Waals surface area contributed by atoms with Crippen LogP contribution in [0.25, 0.3) is 10.4 Å². The number of aromatic nitrogens is 1. The molecule has 0 spiro atoms. The number of rotatable bonds is 5. The van der Waals surface area contributed by atoms with Crippen molar-refractivity contribution in [2.45, 2.75) is 32.6 Å². The van der Waals surface area contributed by atoms with E-state index in [-0.39, 0.29) is 18.1 Å². The van der Waals surface area contributed by atoms with Gasteiger partial charge in [-0.25, -0.2) is 4.98 Å². The third-order valence-electron chi connectivity index (χ3n) is 5.66. The van der Waals surface area contributed by atoms with Crippen LogP contribution in [0.3, 0.4) is 0 Å². The summed E-state index contributed by atoms with van der Waals surface area (Å²) in [5.74, 6) is 2.35. The first-order valence-corrected chi connectivity index (χ1v) is 12.0. The molecule has 0 saturated carbocycles. The summed E-state index contributed by atoms with van der Waals surface area (Å²) in [7, 11) is 0. The fraction of sp³-hybridized carbons (Fsp3) is 0.360. The van der Waals surface area contributed by atoms with Crippen LogP contribution in [-0.2, 0) is 11.3 Å². The van der Waals surface area contributed by atoms with Crippen LogP contribution in [0.5, 0.6) is 11.5 Å². The Labute approximate surface area is 197 Å². The minimum Gasteiger partial charge on any atom is -0.486 e. The zero-order valence-electron chi connectivity index (χ0n) is 18.7. The molecule has 5 rings (SSSR count). The molecule has 2 aliphatic heterocycles. The number of benzene rings is 1. The molecule has 0 aliphatic carbocycles. The zero-order valence-corrected chi connectivity index (χ0v) is 19.6. The Kier molecular flexibility index (Phi) is 6.20. The smallest absolute Gasteiger partial charge is 0.261 e. The van der Waals surface area contributed by atoms with Crippen molar-refractivity contribution in [3.8, 4) is 21.9 Å². The van der Waals surface area contributed by atoms with Crippen molar-refractivity contribution in [1.29, 1.82) is 0 Å². The van der Waals surface area contributed by atoms with Gasteiger partial charge in [-0.15, -0.1) is 11.3 Å². The number of morpholine rings is 1. The normalized spacial score (nSPS) is 19.9. The lowest BCUT2D eigenvalue weighted by Crippen LogP contribution is -2.45. The van der Waals surface area contributed by atoms with Crippen molar-refractivity contribution < 1.29 is 19.0 Å². The van der Waals surface area contributed by atoms with Crippen LogP contribution in [0, 0.1) is 0 Å². The third-order valence-corrected chi connectivity index (χ3v) is 6.80. The van der Waals surface area contributed by atoms with E-state index in [4.69, 9.17) is 14.2 Å². The Morgan fingerprint density at radius 1 is 1.06 bits per heavy atom. The molecule has 1 saturated heterocycles. The van der Waals surface area contributed by atoms with Crippen LogP contribution in [0.4, 0.5) is 5.82 Å². The number of thiophene rings is 1. The van der Waals surface area contributed by atoms with Gasteiger partial charge in [-0.05, 0) is 61.4 Å². The summed E-state index contributed by atoms with van der Waals surface area (Å²) in [6.45, 7) is 7.37. The van der Waals surface area contributed by atoms with E-state index in [1.165, 1.54) is 11.3 Å². The molecule has 2 aromatic heterocycles. The van der Waals surface area contributed by atoms with Crippen molar-refractivity contribution in [3.63, 3.8) is 0 Å². The summed E-state index contributed by atoms with van der Waals surface area (Å²) in [4.78, 5) is 21.2. The van der Waals surface area contributed by atoms with Crippen molar-refractivity contribution in [3.05, 3.63) is 59.1 Å². The molecule has 0 bridgehead atoms. The first-order chi connectivity index (χ1) is 16.0. The van der Waals surface area contributed by atoms with Gasteiger partial charge in [-0.2, -0.15) is 0 Å². The molecule has 8 heteroatoms. The second-order valence-corrected chi connectivity index (χ2v) is 9.48. The Morgan fingerprint density at radius 2 is 1.85 bits per heavy atom. The van der Waals surface area contributed by atoms with Crippen LogP contribution < -0.4 is 19.7 Å². The highest BCUT2D eigenvalue weighted by Crippen LogP contribution is 2.36. The predicted molar refractivity (Wildman–Crippen MR) is 128 cm³/mol. The van der Waals surface area contributed by atoms with E-state index < -0.39 is 0 Å². The molecule has 33 heavy (non-hydrogen) atoms. The average molecular weight is 466 g/mol. The summed E-state index contributed by atoms with van der Waals surface area (Å²) >= 11 is 1.46. The van der Waals surface area contributed by atoms with Gasteiger partial charge in [-0.3, -0.25) is 4.79 Å². The van der Waals surface area contributed by atoms with E-state index in [0.29, 0.717) is 24.6 Å². The summed E-state index contributed by atoms with van der Waals surface area (Å²) in [5, 5.41) is 3.00. The number of hydrogen-bond donors (Lipinski definition) is 1. The van der Waals surface area contributed by atoms with E-state index in [0.717, 1.165) is 46.4 Å². The number of anilines is 1. The highest BCUT2D eigenvalue weighted by Gasteiger charge is 2.23.